The Labute approximate surface area is 269 Å². The summed E-state index contributed by atoms with van der Waals surface area (Å²) >= 11 is 0. The molecule has 244 valence electrons. The molecule has 2 aromatic heterocycles. The average Bonchev–Trinajstić information content (AvgIpc) is 3.60. The van der Waals surface area contributed by atoms with Crippen molar-refractivity contribution in [1.29, 1.82) is 5.26 Å². The van der Waals surface area contributed by atoms with E-state index in [1.165, 1.54) is 11.0 Å². The van der Waals surface area contributed by atoms with E-state index in [2.05, 4.69) is 26.6 Å². The maximum atomic E-state index is 14.5. The Hall–Kier alpha value is -4.83. The largest absolute Gasteiger partial charge is 0.416 e. The third-order valence-electron chi connectivity index (χ3n) is 8.48. The number of ether oxygens (including phenoxy) is 1. The number of anilines is 2. The van der Waals surface area contributed by atoms with Crippen LogP contribution >= 0.6 is 0 Å². The number of aryl methyl sites for hydroxylation is 1. The van der Waals surface area contributed by atoms with Gasteiger partial charge in [0.05, 0.1) is 37.0 Å². The lowest BCUT2D eigenvalue weighted by atomic mass is 9.83. The molecular formula is C34H33F4N7O2. The second kappa shape index (κ2) is 12.4. The molecule has 1 fully saturated rings. The summed E-state index contributed by atoms with van der Waals surface area (Å²) in [5, 5.41) is 21.2. The molecule has 0 unspecified atom stereocenters. The summed E-state index contributed by atoms with van der Waals surface area (Å²) in [6.07, 6.45) is -1.73. The number of hydrogen-bond donors (Lipinski definition) is 1. The number of fused-ring (bicyclic) bond motifs is 1. The van der Waals surface area contributed by atoms with Crippen molar-refractivity contribution in [3.05, 3.63) is 76.6 Å². The highest BCUT2D eigenvalue weighted by Gasteiger charge is 2.41. The zero-order valence-corrected chi connectivity index (χ0v) is 26.2. The second-order valence-corrected chi connectivity index (χ2v) is 12.6. The Morgan fingerprint density at radius 1 is 1.11 bits per heavy atom. The molecule has 2 aliphatic rings. The number of rotatable bonds is 10. The van der Waals surface area contributed by atoms with Gasteiger partial charge < -0.3 is 14.6 Å². The van der Waals surface area contributed by atoms with Gasteiger partial charge >= 0.3 is 6.18 Å². The molecule has 1 saturated carbocycles. The van der Waals surface area contributed by atoms with Crippen molar-refractivity contribution < 1.29 is 27.1 Å². The summed E-state index contributed by atoms with van der Waals surface area (Å²) in [4.78, 5) is 19.7. The SMILES string of the molecule is CC(C)CNc1cc(-c2cc(C#N)ccc2-c2nncn2C)cc(N2Cc3c(cc(COCC4(F)CCC4)cc3C(F)(F)F)C2=O)n1. The minimum atomic E-state index is -4.74. The van der Waals surface area contributed by atoms with E-state index in [0.29, 0.717) is 53.3 Å². The average molecular weight is 648 g/mol. The van der Waals surface area contributed by atoms with Gasteiger partial charge in [-0.1, -0.05) is 13.8 Å². The summed E-state index contributed by atoms with van der Waals surface area (Å²) in [5.74, 6) is 0.667. The molecule has 1 N–H and O–H groups in total. The second-order valence-electron chi connectivity index (χ2n) is 12.6. The number of halogens is 4. The first-order valence-electron chi connectivity index (χ1n) is 15.3. The van der Waals surface area contributed by atoms with E-state index < -0.39 is 23.3 Å². The quantitative estimate of drug-likeness (QED) is 0.183. The van der Waals surface area contributed by atoms with Gasteiger partial charge in [0.1, 0.15) is 23.6 Å². The molecule has 47 heavy (non-hydrogen) atoms. The lowest BCUT2D eigenvalue weighted by molar-refractivity contribution is -0.138. The van der Waals surface area contributed by atoms with Crippen LogP contribution in [0.5, 0.6) is 0 Å². The van der Waals surface area contributed by atoms with Crippen LogP contribution in [-0.4, -0.2) is 44.5 Å². The van der Waals surface area contributed by atoms with Gasteiger partial charge in [-0.15, -0.1) is 10.2 Å². The highest BCUT2D eigenvalue weighted by Crippen LogP contribution is 2.42. The van der Waals surface area contributed by atoms with Gasteiger partial charge in [-0.2, -0.15) is 18.4 Å². The molecule has 13 heteroatoms. The zero-order valence-electron chi connectivity index (χ0n) is 26.2. The molecule has 0 saturated heterocycles. The van der Waals surface area contributed by atoms with Crippen molar-refractivity contribution in [3.63, 3.8) is 0 Å². The lowest BCUT2D eigenvalue weighted by Crippen LogP contribution is -2.36. The smallest absolute Gasteiger partial charge is 0.373 e. The fourth-order valence-corrected chi connectivity index (χ4v) is 5.83. The fourth-order valence-electron chi connectivity index (χ4n) is 5.83. The molecule has 2 aromatic carbocycles. The Bertz CT molecular complexity index is 1880. The number of nitrogens with zero attached hydrogens (tertiary/aromatic N) is 6. The first-order chi connectivity index (χ1) is 22.3. The monoisotopic (exact) mass is 647 g/mol. The van der Waals surface area contributed by atoms with Crippen molar-refractivity contribution in [1.82, 2.24) is 19.7 Å². The molecule has 0 bridgehead atoms. The standard InChI is InChI=1S/C34H33F4N7O2/c1-20(2)15-40-29-12-23(25-9-21(14-39)5-6-24(25)31-43-41-19-44(31)3)13-30(42-29)45-16-27-26(32(45)46)10-22(11-28(27)34(36,37)38)17-47-18-33(35)7-4-8-33/h5-6,9-13,19-20H,4,7-8,15-18H2,1-3H3,(H,40,42). The number of benzene rings is 2. The molecule has 6 rings (SSSR count). The Kier molecular flexibility index (Phi) is 8.48. The maximum absolute atomic E-state index is 14.5. The fraction of sp³-hybridized carbons (Fsp3) is 0.382. The molecular weight excluding hydrogens is 614 g/mol. The van der Waals surface area contributed by atoms with E-state index in [-0.39, 0.29) is 48.2 Å². The van der Waals surface area contributed by atoms with E-state index in [9.17, 15) is 27.6 Å². The van der Waals surface area contributed by atoms with Gasteiger partial charge in [0.25, 0.3) is 5.91 Å². The van der Waals surface area contributed by atoms with Crippen molar-refractivity contribution >= 4 is 17.5 Å². The van der Waals surface area contributed by atoms with E-state index in [0.717, 1.165) is 12.5 Å². The normalized spacial score (nSPS) is 15.5. The molecule has 4 aromatic rings. The third-order valence-corrected chi connectivity index (χ3v) is 8.48. The van der Waals surface area contributed by atoms with Crippen LogP contribution in [0.2, 0.25) is 0 Å². The Balaban J connectivity index is 1.41. The van der Waals surface area contributed by atoms with E-state index in [4.69, 9.17) is 4.74 Å². The Morgan fingerprint density at radius 3 is 2.53 bits per heavy atom. The lowest BCUT2D eigenvalue weighted by Gasteiger charge is -2.33. The number of nitrogens with one attached hydrogen (secondary N) is 1. The van der Waals surface area contributed by atoms with Gasteiger partial charge in [-0.3, -0.25) is 9.69 Å². The molecule has 1 aliphatic heterocycles. The molecule has 0 atom stereocenters. The highest BCUT2D eigenvalue weighted by molar-refractivity contribution is 6.10. The van der Waals surface area contributed by atoms with Crippen LogP contribution < -0.4 is 10.2 Å². The summed E-state index contributed by atoms with van der Waals surface area (Å²) in [5.41, 5.74) is -0.309. The zero-order chi connectivity index (χ0) is 33.5. The number of alkyl halides is 4. The first-order valence-corrected chi connectivity index (χ1v) is 15.3. The van der Waals surface area contributed by atoms with Gasteiger partial charge in [0, 0.05) is 24.7 Å². The number of carbonyl (C=O) groups excluding carboxylic acids is 1. The van der Waals surface area contributed by atoms with Gasteiger partial charge in [-0.25, -0.2) is 9.37 Å². The summed E-state index contributed by atoms with van der Waals surface area (Å²) in [6.45, 7) is 3.75. The van der Waals surface area contributed by atoms with Crippen LogP contribution in [-0.2, 0) is 31.1 Å². The predicted molar refractivity (Wildman–Crippen MR) is 167 cm³/mol. The van der Waals surface area contributed by atoms with E-state index in [1.807, 2.05) is 13.8 Å². The number of carbonyl (C=O) groups is 1. The minimum absolute atomic E-state index is 0.104. The number of hydrogen-bond acceptors (Lipinski definition) is 7. The van der Waals surface area contributed by atoms with Crippen molar-refractivity contribution in [2.45, 2.75) is 58.1 Å². The van der Waals surface area contributed by atoms with E-state index >= 15 is 0 Å². The van der Waals surface area contributed by atoms with E-state index in [1.54, 1.807) is 48.3 Å². The Morgan fingerprint density at radius 2 is 1.89 bits per heavy atom. The number of aromatic nitrogens is 4. The first kappa shape index (κ1) is 32.1. The van der Waals surface area contributed by atoms with Crippen molar-refractivity contribution in [3.8, 4) is 28.6 Å². The third kappa shape index (κ3) is 6.55. The maximum Gasteiger partial charge on any atom is 0.416 e. The van der Waals surface area contributed by atoms with Crippen LogP contribution in [0, 0.1) is 17.2 Å². The summed E-state index contributed by atoms with van der Waals surface area (Å²) in [7, 11) is 1.78. The summed E-state index contributed by atoms with van der Waals surface area (Å²) < 4.78 is 64.8. The summed E-state index contributed by atoms with van der Waals surface area (Å²) in [6, 6.07) is 13.0. The molecule has 1 amide bonds. The molecule has 3 heterocycles. The highest BCUT2D eigenvalue weighted by atomic mass is 19.4. The van der Waals surface area contributed by atoms with Crippen molar-refractivity contribution in [2.24, 2.45) is 13.0 Å². The van der Waals surface area contributed by atoms with Crippen LogP contribution in [0.15, 0.2) is 48.8 Å². The molecule has 1 aliphatic carbocycles. The van der Waals surface area contributed by atoms with Gasteiger partial charge in [0.15, 0.2) is 5.82 Å². The van der Waals surface area contributed by atoms with Crippen LogP contribution in [0.4, 0.5) is 29.2 Å². The van der Waals surface area contributed by atoms with Crippen LogP contribution in [0.3, 0.4) is 0 Å². The van der Waals surface area contributed by atoms with Crippen LogP contribution in [0.1, 0.15) is 65.7 Å². The predicted octanol–water partition coefficient (Wildman–Crippen LogP) is 7.07. The van der Waals surface area contributed by atoms with Crippen molar-refractivity contribution in [2.75, 3.05) is 23.4 Å². The minimum Gasteiger partial charge on any atom is -0.373 e. The van der Waals surface area contributed by atoms with Crippen LogP contribution in [0.25, 0.3) is 22.5 Å². The van der Waals surface area contributed by atoms with Gasteiger partial charge in [0.2, 0.25) is 0 Å². The molecule has 0 spiro atoms. The van der Waals surface area contributed by atoms with Gasteiger partial charge in [-0.05, 0) is 89.9 Å². The molecule has 0 radical (unpaired) electrons. The molecule has 9 nitrogen and oxygen atoms in total. The number of pyridine rings is 1. The number of nitriles is 1. The topological polar surface area (TPSA) is 109 Å². The number of amides is 1.